The highest BCUT2D eigenvalue weighted by atomic mass is 16.7. The van der Waals surface area contributed by atoms with E-state index in [4.69, 9.17) is 19.5 Å². The van der Waals surface area contributed by atoms with Gasteiger partial charge < -0.3 is 19.5 Å². The molecule has 0 radical (unpaired) electrons. The van der Waals surface area contributed by atoms with E-state index >= 15 is 0 Å². The van der Waals surface area contributed by atoms with E-state index in [1.807, 2.05) is 0 Å². The summed E-state index contributed by atoms with van der Waals surface area (Å²) in [5.41, 5.74) is 0. The molecule has 0 spiro atoms. The predicted molar refractivity (Wildman–Crippen MR) is 47.4 cm³/mol. The van der Waals surface area contributed by atoms with E-state index in [-0.39, 0.29) is 18.1 Å². The van der Waals surface area contributed by atoms with Gasteiger partial charge in [0.25, 0.3) is 0 Å². The molecule has 0 aliphatic carbocycles. The van der Waals surface area contributed by atoms with Gasteiger partial charge in [-0.2, -0.15) is 5.26 Å². The van der Waals surface area contributed by atoms with Crippen molar-refractivity contribution >= 4 is 0 Å². The fourth-order valence-electron chi connectivity index (χ4n) is 2.21. The van der Waals surface area contributed by atoms with Crippen LogP contribution in [0.2, 0.25) is 0 Å². The van der Waals surface area contributed by atoms with Crippen LogP contribution < -0.4 is 5.32 Å². The van der Waals surface area contributed by atoms with Crippen molar-refractivity contribution in [2.75, 3.05) is 27.4 Å². The molecule has 3 atom stereocenters. The summed E-state index contributed by atoms with van der Waals surface area (Å²) < 4.78 is 16.2. The van der Waals surface area contributed by atoms with Crippen LogP contribution in [0.15, 0.2) is 0 Å². The smallest absolute Gasteiger partial charge is 0.209 e. The minimum absolute atomic E-state index is 0.0397. The molecule has 5 nitrogen and oxygen atoms in total. The van der Waals surface area contributed by atoms with E-state index in [0.717, 1.165) is 0 Å². The normalized spacial score (nSPS) is 39.4. The molecule has 2 saturated heterocycles. The van der Waals surface area contributed by atoms with Gasteiger partial charge >= 0.3 is 0 Å². The molecule has 2 rings (SSSR count). The molecular formula is C9H14N2O3. The lowest BCUT2D eigenvalue weighted by molar-refractivity contribution is -0.213. The molecule has 14 heavy (non-hydrogen) atoms. The van der Waals surface area contributed by atoms with Crippen molar-refractivity contribution in [2.24, 2.45) is 5.92 Å². The lowest BCUT2D eigenvalue weighted by Crippen LogP contribution is -2.51. The summed E-state index contributed by atoms with van der Waals surface area (Å²) in [6.07, 6.45) is -0.111. The maximum absolute atomic E-state index is 8.88. The quantitative estimate of drug-likeness (QED) is 0.605. The Balaban J connectivity index is 2.18. The Bertz CT molecular complexity index is 259. The first-order valence-electron chi connectivity index (χ1n) is 4.62. The van der Waals surface area contributed by atoms with Gasteiger partial charge in [0, 0.05) is 20.8 Å². The number of nitrogens with one attached hydrogen (secondary N) is 1. The molecule has 1 N–H and O–H groups in total. The van der Waals surface area contributed by atoms with Crippen LogP contribution in [-0.2, 0) is 14.2 Å². The zero-order valence-corrected chi connectivity index (χ0v) is 8.32. The van der Waals surface area contributed by atoms with Gasteiger partial charge in [-0.05, 0) is 0 Å². The Morgan fingerprint density at radius 3 is 2.79 bits per heavy atom. The summed E-state index contributed by atoms with van der Waals surface area (Å²) in [7, 11) is 3.19. The molecule has 0 aromatic rings. The Morgan fingerprint density at radius 1 is 1.50 bits per heavy atom. The van der Waals surface area contributed by atoms with Gasteiger partial charge in [0.2, 0.25) is 5.79 Å². The van der Waals surface area contributed by atoms with Gasteiger partial charge in [0.05, 0.1) is 24.1 Å². The van der Waals surface area contributed by atoms with Gasteiger partial charge in [0.1, 0.15) is 6.61 Å². The molecule has 78 valence electrons. The van der Waals surface area contributed by atoms with E-state index in [2.05, 4.69) is 11.4 Å². The van der Waals surface area contributed by atoms with E-state index in [1.54, 1.807) is 14.2 Å². The number of rotatable bonds is 2. The van der Waals surface area contributed by atoms with Crippen LogP contribution in [0.5, 0.6) is 0 Å². The third-order valence-corrected chi connectivity index (χ3v) is 3.09. The minimum Gasteiger partial charge on any atom is -0.369 e. The first-order chi connectivity index (χ1) is 6.77. The molecule has 0 bridgehead atoms. The average Bonchev–Trinajstić information content (AvgIpc) is 2.77. The number of ether oxygens (including phenoxy) is 3. The summed E-state index contributed by atoms with van der Waals surface area (Å²) in [5, 5.41) is 12.1. The fraction of sp³-hybridized carbons (Fsp3) is 0.889. The van der Waals surface area contributed by atoms with Crippen molar-refractivity contribution in [3.63, 3.8) is 0 Å². The molecule has 2 heterocycles. The van der Waals surface area contributed by atoms with E-state index in [9.17, 15) is 0 Å². The molecule has 2 fully saturated rings. The van der Waals surface area contributed by atoms with Crippen molar-refractivity contribution < 1.29 is 14.2 Å². The third kappa shape index (κ3) is 1.16. The van der Waals surface area contributed by atoms with E-state index < -0.39 is 5.79 Å². The first kappa shape index (κ1) is 9.87. The highest BCUT2D eigenvalue weighted by molar-refractivity contribution is 5.10. The Labute approximate surface area is 82.9 Å². The second-order valence-corrected chi connectivity index (χ2v) is 3.62. The summed E-state index contributed by atoms with van der Waals surface area (Å²) in [6.45, 7) is 1.01. The monoisotopic (exact) mass is 198 g/mol. The Kier molecular flexibility index (Phi) is 2.45. The van der Waals surface area contributed by atoms with Crippen molar-refractivity contribution in [3.05, 3.63) is 0 Å². The van der Waals surface area contributed by atoms with Gasteiger partial charge in [-0.1, -0.05) is 0 Å². The van der Waals surface area contributed by atoms with Gasteiger partial charge in [0.15, 0.2) is 0 Å². The maximum atomic E-state index is 8.88. The van der Waals surface area contributed by atoms with Crippen molar-refractivity contribution in [3.8, 4) is 6.07 Å². The van der Waals surface area contributed by atoms with Gasteiger partial charge in [-0.25, -0.2) is 0 Å². The number of methoxy groups -OCH3 is 2. The molecule has 0 saturated carbocycles. The van der Waals surface area contributed by atoms with E-state index in [1.165, 1.54) is 0 Å². The maximum Gasteiger partial charge on any atom is 0.209 e. The summed E-state index contributed by atoms with van der Waals surface area (Å²) in [4.78, 5) is 0. The highest BCUT2D eigenvalue weighted by Crippen LogP contribution is 2.35. The number of hydrogen-bond acceptors (Lipinski definition) is 5. The lowest BCUT2D eigenvalue weighted by Gasteiger charge is -2.29. The van der Waals surface area contributed by atoms with E-state index in [0.29, 0.717) is 13.2 Å². The molecule has 0 aromatic carbocycles. The molecule has 1 unspecified atom stereocenters. The van der Waals surface area contributed by atoms with Crippen LogP contribution in [0.3, 0.4) is 0 Å². The summed E-state index contributed by atoms with van der Waals surface area (Å²) >= 11 is 0. The number of nitriles is 1. The summed E-state index contributed by atoms with van der Waals surface area (Å²) in [5.74, 6) is -0.830. The number of fused-ring (bicyclic) bond motifs is 1. The predicted octanol–water partition coefficient (Wildman–Crippen LogP) is -0.514. The van der Waals surface area contributed by atoms with Crippen LogP contribution in [0.25, 0.3) is 0 Å². The largest absolute Gasteiger partial charge is 0.369 e. The van der Waals surface area contributed by atoms with Gasteiger partial charge in [-0.3, -0.25) is 0 Å². The topological polar surface area (TPSA) is 63.5 Å². The summed E-state index contributed by atoms with van der Waals surface area (Å²) in [6, 6.07) is 2.18. The Morgan fingerprint density at radius 2 is 2.21 bits per heavy atom. The standard InChI is InChI=1S/C9H14N2O3/c1-12-9(13-2)5-14-7-6(3-10)4-11-8(7)9/h6-8,11H,4-5H2,1-2H3/t6?,7-,8+/m1/s1. The van der Waals surface area contributed by atoms with Crippen molar-refractivity contribution in [2.45, 2.75) is 17.9 Å². The minimum atomic E-state index is -0.726. The average molecular weight is 198 g/mol. The lowest BCUT2D eigenvalue weighted by atomic mass is 10.0. The zero-order valence-electron chi connectivity index (χ0n) is 8.32. The molecule has 5 heteroatoms. The van der Waals surface area contributed by atoms with Crippen LogP contribution >= 0.6 is 0 Å². The van der Waals surface area contributed by atoms with Gasteiger partial charge in [-0.15, -0.1) is 0 Å². The number of hydrogen-bond donors (Lipinski definition) is 1. The molecular weight excluding hydrogens is 184 g/mol. The van der Waals surface area contributed by atoms with Crippen LogP contribution in [-0.4, -0.2) is 45.3 Å². The fourth-order valence-corrected chi connectivity index (χ4v) is 2.21. The molecule has 2 aliphatic heterocycles. The number of nitrogens with zero attached hydrogens (tertiary/aromatic N) is 1. The van der Waals surface area contributed by atoms with Crippen LogP contribution in [0, 0.1) is 17.2 Å². The van der Waals surface area contributed by atoms with Crippen molar-refractivity contribution in [1.82, 2.24) is 5.32 Å². The zero-order chi connectivity index (χ0) is 10.2. The first-order valence-corrected chi connectivity index (χ1v) is 4.62. The molecule has 2 aliphatic rings. The SMILES string of the molecule is COC1(OC)CO[C@@H]2C(C#N)CN[C@@H]21. The highest BCUT2D eigenvalue weighted by Gasteiger charge is 2.56. The van der Waals surface area contributed by atoms with Crippen LogP contribution in [0.4, 0.5) is 0 Å². The molecule has 0 amide bonds. The van der Waals surface area contributed by atoms with Crippen molar-refractivity contribution in [1.29, 1.82) is 5.26 Å². The Hall–Kier alpha value is -0.670. The second kappa shape index (κ2) is 3.48. The molecule has 0 aromatic heterocycles. The second-order valence-electron chi connectivity index (χ2n) is 3.62. The van der Waals surface area contributed by atoms with Crippen LogP contribution in [0.1, 0.15) is 0 Å². The third-order valence-electron chi connectivity index (χ3n) is 3.09.